The van der Waals surface area contributed by atoms with E-state index in [1.54, 1.807) is 24.3 Å². The van der Waals surface area contributed by atoms with Gasteiger partial charge in [0.2, 0.25) is 5.91 Å². The summed E-state index contributed by atoms with van der Waals surface area (Å²) in [5.74, 6) is 0.246. The van der Waals surface area contributed by atoms with Crippen LogP contribution in [0.4, 0.5) is 11.4 Å². The van der Waals surface area contributed by atoms with Gasteiger partial charge in [0, 0.05) is 17.3 Å². The normalized spacial score (nSPS) is 15.4. The van der Waals surface area contributed by atoms with Gasteiger partial charge in [-0.2, -0.15) is 0 Å². The molecule has 0 fully saturated rings. The number of rotatable bonds is 6. The Labute approximate surface area is 169 Å². The van der Waals surface area contributed by atoms with Crippen LogP contribution in [0.5, 0.6) is 5.75 Å². The van der Waals surface area contributed by atoms with E-state index in [1.807, 2.05) is 36.9 Å². The average Bonchev–Trinajstić information content (AvgIpc) is 2.65. The third-order valence-corrected chi connectivity index (χ3v) is 4.63. The minimum atomic E-state index is -0.667. The molecule has 0 spiro atoms. The first-order valence-corrected chi connectivity index (χ1v) is 9.69. The fourth-order valence-corrected chi connectivity index (χ4v) is 3.24. The molecule has 3 rings (SSSR count). The lowest BCUT2D eigenvalue weighted by Gasteiger charge is -2.35. The molecule has 1 unspecified atom stereocenters. The highest BCUT2D eigenvalue weighted by Crippen LogP contribution is 2.34. The highest BCUT2D eigenvalue weighted by Gasteiger charge is 2.31. The zero-order valence-corrected chi connectivity index (χ0v) is 16.8. The van der Waals surface area contributed by atoms with Crippen LogP contribution < -0.4 is 20.3 Å². The van der Waals surface area contributed by atoms with Crippen molar-refractivity contribution >= 4 is 34.8 Å². The van der Waals surface area contributed by atoms with Gasteiger partial charge in [0.15, 0.2) is 6.10 Å². The summed E-state index contributed by atoms with van der Waals surface area (Å²) in [5, 5.41) is 6.26. The molecular formula is C21H24ClN3O3. The topological polar surface area (TPSA) is 70.7 Å². The maximum absolute atomic E-state index is 12.6. The van der Waals surface area contributed by atoms with Gasteiger partial charge < -0.3 is 20.3 Å². The van der Waals surface area contributed by atoms with Gasteiger partial charge in [-0.15, -0.1) is 0 Å². The number of hydrogen-bond acceptors (Lipinski definition) is 4. The van der Waals surface area contributed by atoms with Crippen LogP contribution in [-0.2, 0) is 9.59 Å². The van der Waals surface area contributed by atoms with E-state index in [4.69, 9.17) is 16.3 Å². The van der Waals surface area contributed by atoms with Crippen LogP contribution in [0.2, 0.25) is 5.02 Å². The first-order valence-electron chi connectivity index (χ1n) is 9.31. The van der Waals surface area contributed by atoms with Crippen LogP contribution >= 0.6 is 11.6 Å². The van der Waals surface area contributed by atoms with Crippen molar-refractivity contribution in [3.8, 4) is 5.75 Å². The molecule has 2 N–H and O–H groups in total. The molecule has 2 aromatic carbocycles. The van der Waals surface area contributed by atoms with E-state index >= 15 is 0 Å². The zero-order chi connectivity index (χ0) is 20.1. The molecule has 6 nitrogen and oxygen atoms in total. The first-order chi connectivity index (χ1) is 13.5. The Morgan fingerprint density at radius 2 is 2.07 bits per heavy atom. The minimum absolute atomic E-state index is 0.101. The number of nitrogens with one attached hydrogen (secondary N) is 2. The number of fused-ring (bicyclic) bond motifs is 1. The second kappa shape index (κ2) is 8.97. The molecule has 148 valence electrons. The van der Waals surface area contributed by atoms with Crippen LogP contribution in [0.1, 0.15) is 18.9 Å². The van der Waals surface area contributed by atoms with Crippen molar-refractivity contribution in [1.82, 2.24) is 5.32 Å². The number of halogens is 1. The fraction of sp³-hybridized carbons (Fsp3) is 0.333. The van der Waals surface area contributed by atoms with Crippen molar-refractivity contribution in [3.63, 3.8) is 0 Å². The Bertz CT molecular complexity index is 872. The second-order valence-corrected chi connectivity index (χ2v) is 7.24. The Morgan fingerprint density at radius 1 is 1.25 bits per heavy atom. The first kappa shape index (κ1) is 20.0. The number of nitrogens with zero attached hydrogens (tertiary/aromatic N) is 1. The molecule has 1 aliphatic rings. The molecule has 28 heavy (non-hydrogen) atoms. The Kier molecular flexibility index (Phi) is 6.41. The molecule has 1 atom stereocenters. The van der Waals surface area contributed by atoms with Crippen LogP contribution in [0.3, 0.4) is 0 Å². The van der Waals surface area contributed by atoms with E-state index in [1.165, 1.54) is 0 Å². The van der Waals surface area contributed by atoms with Crippen molar-refractivity contribution < 1.29 is 14.3 Å². The second-order valence-electron chi connectivity index (χ2n) is 6.81. The van der Waals surface area contributed by atoms with E-state index in [2.05, 4.69) is 10.6 Å². The number of ether oxygens (including phenoxy) is 1. The lowest BCUT2D eigenvalue weighted by molar-refractivity contribution is -0.128. The van der Waals surface area contributed by atoms with Crippen LogP contribution in [-0.4, -0.2) is 37.6 Å². The van der Waals surface area contributed by atoms with Gasteiger partial charge in [0.05, 0.1) is 18.8 Å². The summed E-state index contributed by atoms with van der Waals surface area (Å²) in [4.78, 5) is 26.9. The molecule has 0 radical (unpaired) electrons. The van der Waals surface area contributed by atoms with E-state index in [9.17, 15) is 9.59 Å². The van der Waals surface area contributed by atoms with Crippen molar-refractivity contribution in [2.75, 3.05) is 29.9 Å². The molecule has 0 aliphatic carbocycles. The lowest BCUT2D eigenvalue weighted by Crippen LogP contribution is -2.50. The van der Waals surface area contributed by atoms with Crippen molar-refractivity contribution in [1.29, 1.82) is 0 Å². The maximum Gasteiger partial charge on any atom is 0.262 e. The number of benzene rings is 2. The van der Waals surface area contributed by atoms with E-state index in [0.717, 1.165) is 17.7 Å². The van der Waals surface area contributed by atoms with Gasteiger partial charge in [-0.25, -0.2) is 0 Å². The molecule has 1 aliphatic heterocycles. The summed E-state index contributed by atoms with van der Waals surface area (Å²) in [6.07, 6.45) is 0.180. The van der Waals surface area contributed by atoms with Gasteiger partial charge in [-0.3, -0.25) is 9.59 Å². The number of carbonyl (C=O) groups is 2. The quantitative estimate of drug-likeness (QED) is 0.778. The van der Waals surface area contributed by atoms with Crippen molar-refractivity contribution in [2.24, 2.45) is 0 Å². The molecule has 0 aromatic heterocycles. The average molecular weight is 402 g/mol. The third-order valence-electron chi connectivity index (χ3n) is 4.40. The molecule has 1 heterocycles. The zero-order valence-electron chi connectivity index (χ0n) is 16.0. The molecule has 0 bridgehead atoms. The molecule has 7 heteroatoms. The molecule has 2 aromatic rings. The summed E-state index contributed by atoms with van der Waals surface area (Å²) in [6, 6.07) is 12.8. The highest BCUT2D eigenvalue weighted by atomic mass is 35.5. The predicted octanol–water partition coefficient (Wildman–Crippen LogP) is 3.38. The standard InChI is InChI=1S/C21H24ClN3O3/c1-3-9-23-21(27)19-12-25(17-8-7-14(2)10-18(17)28-19)13-20(26)24-16-6-4-5-15(22)11-16/h4-8,10-11,19H,3,9,12-13H2,1-2H3,(H,23,27)(H,24,26). The summed E-state index contributed by atoms with van der Waals surface area (Å²) < 4.78 is 5.91. The van der Waals surface area contributed by atoms with Crippen LogP contribution in [0.25, 0.3) is 0 Å². The summed E-state index contributed by atoms with van der Waals surface area (Å²) in [5.41, 5.74) is 2.45. The third kappa shape index (κ3) is 4.95. The Hall–Kier alpha value is -2.73. The van der Waals surface area contributed by atoms with Gasteiger partial charge in [-0.1, -0.05) is 30.7 Å². The number of hydrogen-bond donors (Lipinski definition) is 2. The smallest absolute Gasteiger partial charge is 0.262 e. The fourth-order valence-electron chi connectivity index (χ4n) is 3.05. The Morgan fingerprint density at radius 3 is 2.82 bits per heavy atom. The van der Waals surface area contributed by atoms with Crippen LogP contribution in [0, 0.1) is 6.92 Å². The van der Waals surface area contributed by atoms with E-state index in [-0.39, 0.29) is 18.4 Å². The monoisotopic (exact) mass is 401 g/mol. The molecule has 0 saturated carbocycles. The predicted molar refractivity (Wildman–Crippen MR) is 111 cm³/mol. The maximum atomic E-state index is 12.6. The number of anilines is 2. The molecular weight excluding hydrogens is 378 g/mol. The molecule has 0 saturated heterocycles. The van der Waals surface area contributed by atoms with Crippen molar-refractivity contribution in [2.45, 2.75) is 26.4 Å². The van der Waals surface area contributed by atoms with Gasteiger partial charge in [0.1, 0.15) is 5.75 Å². The SMILES string of the molecule is CCCNC(=O)C1CN(CC(=O)Nc2cccc(Cl)c2)c2ccc(C)cc2O1. The minimum Gasteiger partial charge on any atom is -0.477 e. The van der Waals surface area contributed by atoms with E-state index in [0.29, 0.717) is 29.5 Å². The number of aryl methyl sites for hydroxylation is 1. The lowest BCUT2D eigenvalue weighted by atomic mass is 10.1. The molecule has 2 amide bonds. The van der Waals surface area contributed by atoms with Crippen molar-refractivity contribution in [3.05, 3.63) is 53.1 Å². The largest absolute Gasteiger partial charge is 0.477 e. The van der Waals surface area contributed by atoms with E-state index < -0.39 is 6.10 Å². The summed E-state index contributed by atoms with van der Waals surface area (Å²) in [6.45, 7) is 4.94. The highest BCUT2D eigenvalue weighted by molar-refractivity contribution is 6.30. The van der Waals surface area contributed by atoms with Gasteiger partial charge in [0.25, 0.3) is 5.91 Å². The summed E-state index contributed by atoms with van der Waals surface area (Å²) >= 11 is 5.97. The Balaban J connectivity index is 1.76. The number of amides is 2. The van der Waals surface area contributed by atoms with Crippen LogP contribution in [0.15, 0.2) is 42.5 Å². The van der Waals surface area contributed by atoms with Gasteiger partial charge in [-0.05, 0) is 49.2 Å². The summed E-state index contributed by atoms with van der Waals surface area (Å²) in [7, 11) is 0. The number of carbonyl (C=O) groups excluding carboxylic acids is 2. The van der Waals surface area contributed by atoms with Gasteiger partial charge >= 0.3 is 0 Å².